The summed E-state index contributed by atoms with van der Waals surface area (Å²) in [5.41, 5.74) is 3.39. The zero-order valence-electron chi connectivity index (χ0n) is 9.29. The van der Waals surface area contributed by atoms with Gasteiger partial charge in [0.1, 0.15) is 0 Å². The molecule has 0 aromatic carbocycles. The van der Waals surface area contributed by atoms with Crippen LogP contribution in [-0.2, 0) is 0 Å². The van der Waals surface area contributed by atoms with Gasteiger partial charge in [-0.15, -0.1) is 0 Å². The van der Waals surface area contributed by atoms with E-state index in [0.717, 1.165) is 5.70 Å². The molecule has 1 fully saturated rings. The summed E-state index contributed by atoms with van der Waals surface area (Å²) < 4.78 is 0. The first-order valence-corrected chi connectivity index (χ1v) is 5.65. The molecule has 0 spiro atoms. The van der Waals surface area contributed by atoms with Gasteiger partial charge in [-0.1, -0.05) is 19.4 Å². The first-order chi connectivity index (χ1) is 7.33. The highest BCUT2D eigenvalue weighted by molar-refractivity contribution is 5.63. The number of rotatable bonds is 3. The highest BCUT2D eigenvalue weighted by Crippen LogP contribution is 2.35. The second-order valence-electron chi connectivity index (χ2n) is 4.15. The molecule has 1 aliphatic rings. The van der Waals surface area contributed by atoms with Gasteiger partial charge in [0.25, 0.3) is 0 Å². The van der Waals surface area contributed by atoms with Crippen molar-refractivity contribution in [1.82, 2.24) is 10.3 Å². The van der Waals surface area contributed by atoms with Gasteiger partial charge in [0.05, 0.1) is 5.69 Å². The molecule has 2 nitrogen and oxygen atoms in total. The number of hydrogen-bond acceptors (Lipinski definition) is 2. The van der Waals surface area contributed by atoms with Crippen LogP contribution < -0.4 is 5.32 Å². The van der Waals surface area contributed by atoms with E-state index in [9.17, 15) is 0 Å². The SMILES string of the molecule is C=C(NC)c1cccnc1C1CCCC1.[HH]. The Morgan fingerprint density at radius 2 is 2.27 bits per heavy atom. The third kappa shape index (κ3) is 2.04. The lowest BCUT2D eigenvalue weighted by Crippen LogP contribution is -2.08. The largest absolute Gasteiger partial charge is 0.388 e. The molecule has 0 atom stereocenters. The number of aromatic nitrogens is 1. The molecule has 0 bridgehead atoms. The van der Waals surface area contributed by atoms with Crippen molar-refractivity contribution in [2.75, 3.05) is 7.05 Å². The topological polar surface area (TPSA) is 24.9 Å². The zero-order chi connectivity index (χ0) is 10.7. The zero-order valence-corrected chi connectivity index (χ0v) is 9.29. The molecule has 1 N–H and O–H groups in total. The number of nitrogens with zero attached hydrogens (tertiary/aromatic N) is 1. The quantitative estimate of drug-likeness (QED) is 0.818. The Labute approximate surface area is 92.9 Å². The van der Waals surface area contributed by atoms with Gasteiger partial charge in [0.2, 0.25) is 0 Å². The third-order valence-electron chi connectivity index (χ3n) is 3.21. The minimum atomic E-state index is 0. The fourth-order valence-corrected chi connectivity index (χ4v) is 2.33. The van der Waals surface area contributed by atoms with Crippen molar-refractivity contribution in [2.24, 2.45) is 0 Å². The van der Waals surface area contributed by atoms with Crippen molar-refractivity contribution in [2.45, 2.75) is 31.6 Å². The monoisotopic (exact) mass is 204 g/mol. The van der Waals surface area contributed by atoms with E-state index in [4.69, 9.17) is 0 Å². The third-order valence-corrected chi connectivity index (χ3v) is 3.21. The minimum absolute atomic E-state index is 0. The van der Waals surface area contributed by atoms with E-state index >= 15 is 0 Å². The maximum absolute atomic E-state index is 4.53. The van der Waals surface area contributed by atoms with Crippen molar-refractivity contribution < 1.29 is 1.43 Å². The van der Waals surface area contributed by atoms with Crippen LogP contribution in [0.15, 0.2) is 24.9 Å². The van der Waals surface area contributed by atoms with Crippen molar-refractivity contribution in [1.29, 1.82) is 0 Å². The summed E-state index contributed by atoms with van der Waals surface area (Å²) in [4.78, 5) is 4.53. The van der Waals surface area contributed by atoms with Crippen LogP contribution in [0.3, 0.4) is 0 Å². The maximum atomic E-state index is 4.53. The predicted octanol–water partition coefficient (Wildman–Crippen LogP) is 3.18. The molecule has 82 valence electrons. The summed E-state index contributed by atoms with van der Waals surface area (Å²) in [6.45, 7) is 4.02. The summed E-state index contributed by atoms with van der Waals surface area (Å²) in [5.74, 6) is 0.645. The van der Waals surface area contributed by atoms with Crippen LogP contribution >= 0.6 is 0 Å². The van der Waals surface area contributed by atoms with Crippen molar-refractivity contribution in [3.63, 3.8) is 0 Å². The number of hydrogen-bond donors (Lipinski definition) is 1. The van der Waals surface area contributed by atoms with Crippen molar-refractivity contribution >= 4 is 5.70 Å². The highest BCUT2D eigenvalue weighted by atomic mass is 14.8. The molecular weight excluding hydrogens is 184 g/mol. The molecule has 0 radical (unpaired) electrons. The molecule has 1 aromatic rings. The van der Waals surface area contributed by atoms with E-state index in [-0.39, 0.29) is 1.43 Å². The average molecular weight is 204 g/mol. The minimum Gasteiger partial charge on any atom is -0.388 e. The van der Waals surface area contributed by atoms with Gasteiger partial charge in [-0.3, -0.25) is 4.98 Å². The van der Waals surface area contributed by atoms with Gasteiger partial charge < -0.3 is 5.32 Å². The second kappa shape index (κ2) is 4.47. The molecule has 1 aromatic heterocycles. The summed E-state index contributed by atoms with van der Waals surface area (Å²) in [6, 6.07) is 4.09. The van der Waals surface area contributed by atoms with Crippen LogP contribution in [0.4, 0.5) is 0 Å². The van der Waals surface area contributed by atoms with Crippen LogP contribution in [-0.4, -0.2) is 12.0 Å². The standard InChI is InChI=1S/C13H18N2.H2/c1-10(14-2)12-8-5-9-15-13(12)11-6-3-4-7-11;/h5,8-9,11,14H,1,3-4,6-7H2,2H3;1H. The molecule has 1 aliphatic carbocycles. The van der Waals surface area contributed by atoms with Crippen LogP contribution in [0.25, 0.3) is 5.70 Å². The fraction of sp³-hybridized carbons (Fsp3) is 0.462. The van der Waals surface area contributed by atoms with Gasteiger partial charge in [-0.2, -0.15) is 0 Å². The van der Waals surface area contributed by atoms with E-state index in [1.54, 1.807) is 0 Å². The van der Waals surface area contributed by atoms with E-state index in [0.29, 0.717) is 5.92 Å². The van der Waals surface area contributed by atoms with Crippen molar-refractivity contribution in [3.05, 3.63) is 36.2 Å². The lowest BCUT2D eigenvalue weighted by Gasteiger charge is -2.15. The normalized spacial score (nSPS) is 16.6. The van der Waals surface area contributed by atoms with Gasteiger partial charge in [-0.25, -0.2) is 0 Å². The Morgan fingerprint density at radius 1 is 1.53 bits per heavy atom. The molecule has 0 unspecified atom stereocenters. The molecular formula is C13H20N2. The lowest BCUT2D eigenvalue weighted by atomic mass is 9.97. The average Bonchev–Trinajstić information content (AvgIpc) is 2.81. The summed E-state index contributed by atoms with van der Waals surface area (Å²) >= 11 is 0. The van der Waals surface area contributed by atoms with Gasteiger partial charge in [-0.05, 0) is 25.0 Å². The maximum Gasteiger partial charge on any atom is 0.0527 e. The predicted molar refractivity (Wildman–Crippen MR) is 65.7 cm³/mol. The molecule has 15 heavy (non-hydrogen) atoms. The Morgan fingerprint density at radius 3 is 2.93 bits per heavy atom. The number of pyridine rings is 1. The van der Waals surface area contributed by atoms with Crippen LogP contribution in [0.1, 0.15) is 44.3 Å². The molecule has 1 heterocycles. The molecule has 2 rings (SSSR count). The van der Waals surface area contributed by atoms with Crippen LogP contribution in [0.5, 0.6) is 0 Å². The van der Waals surface area contributed by atoms with Crippen molar-refractivity contribution in [3.8, 4) is 0 Å². The summed E-state index contributed by atoms with van der Waals surface area (Å²) in [6.07, 6.45) is 7.13. The van der Waals surface area contributed by atoms with Crippen LogP contribution in [0.2, 0.25) is 0 Å². The summed E-state index contributed by atoms with van der Waals surface area (Å²) in [7, 11) is 1.91. The molecule has 1 saturated carbocycles. The Kier molecular flexibility index (Phi) is 3.05. The highest BCUT2D eigenvalue weighted by Gasteiger charge is 2.21. The molecule has 0 amide bonds. The molecule has 2 heteroatoms. The first kappa shape index (κ1) is 10.2. The van der Waals surface area contributed by atoms with Gasteiger partial charge >= 0.3 is 0 Å². The molecule has 0 aliphatic heterocycles. The van der Waals surface area contributed by atoms with Crippen LogP contribution in [0, 0.1) is 0 Å². The van der Waals surface area contributed by atoms with E-state index < -0.39 is 0 Å². The summed E-state index contributed by atoms with van der Waals surface area (Å²) in [5, 5.41) is 3.11. The molecule has 0 saturated heterocycles. The van der Waals surface area contributed by atoms with Gasteiger partial charge in [0, 0.05) is 31.8 Å². The Hall–Kier alpha value is -1.31. The second-order valence-corrected chi connectivity index (χ2v) is 4.15. The Bertz CT molecular complexity index is 357. The van der Waals surface area contributed by atoms with E-state index in [2.05, 4.69) is 22.9 Å². The smallest absolute Gasteiger partial charge is 0.0527 e. The van der Waals surface area contributed by atoms with E-state index in [1.807, 2.05) is 19.3 Å². The fourth-order valence-electron chi connectivity index (χ4n) is 2.33. The number of nitrogens with one attached hydrogen (secondary N) is 1. The lowest BCUT2D eigenvalue weighted by molar-refractivity contribution is 0.694. The Balaban J connectivity index is 0.00000128. The van der Waals surface area contributed by atoms with Gasteiger partial charge in [0.15, 0.2) is 0 Å². The van der Waals surface area contributed by atoms with E-state index in [1.165, 1.54) is 36.9 Å². The first-order valence-electron chi connectivity index (χ1n) is 5.65.